The standard InChI is InChI=1S/C51H63ClN2O7SSi/c1-36-14-12-28-51(34-55,59-5)44-23-20-39(44)32-54-33-50(27-13-15-37-30-40(52)22-24-43(37)50)35-60-46-25-21-38(31-45(46)54)48(56)53-62(57,58)47(36)26-29-61-63(49(2,3)4,41-16-8-6-9-17-41)42-18-10-7-11-19-42/h6-12,16-19,21-22,24-25,28,30-31,36,39,44,47,55H,13-15,20,23,26-27,29,32-35H2,1-5H3,(H,53,56)/b28-12+/t36-,39-,44+,47+,50-,51-/m0/s1. The van der Waals surface area contributed by atoms with Crippen molar-refractivity contribution in [2.24, 2.45) is 17.8 Å². The highest BCUT2D eigenvalue weighted by atomic mass is 35.5. The van der Waals surface area contributed by atoms with Crippen molar-refractivity contribution in [2.75, 3.05) is 44.9 Å². The molecule has 4 aromatic rings. The topological polar surface area (TPSA) is 114 Å². The molecule has 63 heavy (non-hydrogen) atoms. The lowest BCUT2D eigenvalue weighted by Crippen LogP contribution is -2.66. The molecule has 9 nitrogen and oxygen atoms in total. The van der Waals surface area contributed by atoms with Gasteiger partial charge < -0.3 is 23.9 Å². The van der Waals surface area contributed by atoms with Crippen molar-refractivity contribution in [1.82, 2.24) is 4.72 Å². The fraction of sp³-hybridized carbons (Fsp3) is 0.471. The Hall–Kier alpha value is -3.97. The fourth-order valence-corrected chi connectivity index (χ4v) is 17.7. The first-order valence-electron chi connectivity index (χ1n) is 22.6. The van der Waals surface area contributed by atoms with Crippen LogP contribution in [0.2, 0.25) is 10.1 Å². The summed E-state index contributed by atoms with van der Waals surface area (Å²) in [4.78, 5) is 16.7. The van der Waals surface area contributed by atoms with Gasteiger partial charge in [-0.25, -0.2) is 13.1 Å². The molecule has 336 valence electrons. The predicted octanol–water partition coefficient (Wildman–Crippen LogP) is 8.21. The minimum atomic E-state index is -4.26. The summed E-state index contributed by atoms with van der Waals surface area (Å²) in [7, 11) is -5.59. The Kier molecular flexibility index (Phi) is 13.1. The van der Waals surface area contributed by atoms with Gasteiger partial charge in [-0.2, -0.15) is 0 Å². The molecule has 8 rings (SSSR count). The van der Waals surface area contributed by atoms with Crippen molar-refractivity contribution in [3.05, 3.63) is 131 Å². The van der Waals surface area contributed by atoms with E-state index in [9.17, 15) is 18.3 Å². The van der Waals surface area contributed by atoms with E-state index in [-0.39, 0.29) is 47.5 Å². The number of methoxy groups -OCH3 is 1. The van der Waals surface area contributed by atoms with Gasteiger partial charge in [0.1, 0.15) is 11.4 Å². The van der Waals surface area contributed by atoms with Crippen LogP contribution in [0.25, 0.3) is 0 Å². The van der Waals surface area contributed by atoms with Gasteiger partial charge in [-0.3, -0.25) is 4.79 Å². The van der Waals surface area contributed by atoms with Crippen LogP contribution in [-0.2, 0) is 31.0 Å². The van der Waals surface area contributed by atoms with E-state index >= 15 is 0 Å². The molecule has 2 heterocycles. The molecule has 1 fully saturated rings. The number of halogens is 1. The molecule has 1 saturated carbocycles. The number of fused-ring (bicyclic) bond motifs is 4. The number of aliphatic hydroxyl groups excluding tert-OH is 1. The van der Waals surface area contributed by atoms with Crippen LogP contribution in [0.1, 0.15) is 87.7 Å². The Morgan fingerprint density at radius 1 is 0.984 bits per heavy atom. The predicted molar refractivity (Wildman–Crippen MR) is 255 cm³/mol. The smallest absolute Gasteiger partial charge is 0.264 e. The van der Waals surface area contributed by atoms with Gasteiger partial charge in [-0.1, -0.05) is 118 Å². The van der Waals surface area contributed by atoms with Gasteiger partial charge in [0.05, 0.1) is 24.2 Å². The lowest BCUT2D eigenvalue weighted by molar-refractivity contribution is -0.103. The number of hydrogen-bond donors (Lipinski definition) is 2. The van der Waals surface area contributed by atoms with E-state index in [1.807, 2.05) is 67.6 Å². The molecule has 4 aromatic carbocycles. The van der Waals surface area contributed by atoms with Crippen molar-refractivity contribution in [3.63, 3.8) is 0 Å². The lowest BCUT2D eigenvalue weighted by Gasteiger charge is -2.50. The number of nitrogens with one attached hydrogen (secondary N) is 1. The molecule has 0 aromatic heterocycles. The van der Waals surface area contributed by atoms with Crippen LogP contribution >= 0.6 is 11.6 Å². The fourth-order valence-electron chi connectivity index (χ4n) is 11.3. The third-order valence-corrected chi connectivity index (χ3v) is 22.0. The van der Waals surface area contributed by atoms with E-state index in [1.54, 1.807) is 19.2 Å². The van der Waals surface area contributed by atoms with E-state index in [2.05, 4.69) is 66.8 Å². The average Bonchev–Trinajstić information content (AvgIpc) is 3.40. The molecular weight excluding hydrogens is 848 g/mol. The minimum absolute atomic E-state index is 0.0128. The zero-order chi connectivity index (χ0) is 44.6. The highest BCUT2D eigenvalue weighted by Crippen LogP contribution is 2.49. The van der Waals surface area contributed by atoms with Crippen molar-refractivity contribution in [3.8, 4) is 5.75 Å². The number of carbonyl (C=O) groups excluding carboxylic acids is 1. The van der Waals surface area contributed by atoms with Crippen LogP contribution in [0.4, 0.5) is 5.69 Å². The Bertz CT molecular complexity index is 2370. The van der Waals surface area contributed by atoms with Crippen molar-refractivity contribution < 1.29 is 32.2 Å². The summed E-state index contributed by atoms with van der Waals surface area (Å²) in [5, 5.41) is 12.7. The summed E-state index contributed by atoms with van der Waals surface area (Å²) in [6.45, 7) is 10.2. The Labute approximate surface area is 380 Å². The number of anilines is 1. The lowest BCUT2D eigenvalue weighted by atomic mass is 9.64. The second-order valence-corrected chi connectivity index (χ2v) is 26.1. The summed E-state index contributed by atoms with van der Waals surface area (Å²) in [5.41, 5.74) is 2.17. The van der Waals surface area contributed by atoms with Gasteiger partial charge >= 0.3 is 0 Å². The summed E-state index contributed by atoms with van der Waals surface area (Å²) >= 11 is 6.51. The number of hydrogen-bond acceptors (Lipinski definition) is 8. The molecule has 6 atom stereocenters. The molecular formula is C51H63ClN2O7SSi. The summed E-state index contributed by atoms with van der Waals surface area (Å²) in [6.07, 6.45) is 9.16. The number of sulfonamides is 1. The molecule has 1 amide bonds. The first-order chi connectivity index (χ1) is 30.1. The van der Waals surface area contributed by atoms with Gasteiger partial charge in [-0.15, -0.1) is 0 Å². The highest BCUT2D eigenvalue weighted by Gasteiger charge is 2.51. The number of ether oxygens (including phenoxy) is 2. The van der Waals surface area contributed by atoms with Gasteiger partial charge in [-0.05, 0) is 120 Å². The van der Waals surface area contributed by atoms with Crippen LogP contribution < -0.4 is 24.7 Å². The zero-order valence-electron chi connectivity index (χ0n) is 37.3. The monoisotopic (exact) mass is 910 g/mol. The third kappa shape index (κ3) is 8.66. The average molecular weight is 912 g/mol. The Morgan fingerprint density at radius 3 is 2.33 bits per heavy atom. The van der Waals surface area contributed by atoms with Crippen LogP contribution in [0.3, 0.4) is 0 Å². The van der Waals surface area contributed by atoms with Gasteiger partial charge in [0.2, 0.25) is 10.0 Å². The summed E-state index contributed by atoms with van der Waals surface area (Å²) in [6, 6.07) is 32.0. The Balaban J connectivity index is 1.16. The molecule has 2 aliphatic carbocycles. The maximum absolute atomic E-state index is 14.7. The molecule has 0 saturated heterocycles. The van der Waals surface area contributed by atoms with Crippen LogP contribution in [0, 0.1) is 17.8 Å². The largest absolute Gasteiger partial charge is 0.490 e. The molecule has 0 radical (unpaired) electrons. The van der Waals surface area contributed by atoms with Gasteiger partial charge in [0.25, 0.3) is 14.2 Å². The highest BCUT2D eigenvalue weighted by molar-refractivity contribution is 7.90. The molecule has 0 unspecified atom stereocenters. The molecule has 2 aliphatic heterocycles. The van der Waals surface area contributed by atoms with E-state index in [1.165, 1.54) is 11.1 Å². The van der Waals surface area contributed by atoms with Crippen LogP contribution in [-0.4, -0.2) is 78.6 Å². The van der Waals surface area contributed by atoms with E-state index < -0.39 is 41.0 Å². The molecule has 4 aliphatic rings. The van der Waals surface area contributed by atoms with E-state index in [0.29, 0.717) is 36.9 Å². The number of nitrogens with zero attached hydrogens (tertiary/aromatic N) is 1. The normalized spacial score (nSPS) is 27.8. The maximum atomic E-state index is 14.7. The molecule has 2 N–H and O–H groups in total. The first-order valence-corrected chi connectivity index (χ1v) is 26.4. The number of allylic oxidation sites excluding steroid dienone is 1. The number of aryl methyl sites for hydroxylation is 1. The number of carbonyl (C=O) groups is 1. The van der Waals surface area contributed by atoms with Gasteiger partial charge in [0.15, 0.2) is 0 Å². The molecule has 2 bridgehead atoms. The Morgan fingerprint density at radius 2 is 1.70 bits per heavy atom. The summed E-state index contributed by atoms with van der Waals surface area (Å²) < 4.78 is 52.2. The number of amides is 1. The third-order valence-electron chi connectivity index (χ3n) is 14.7. The second-order valence-electron chi connectivity index (χ2n) is 19.5. The minimum Gasteiger partial charge on any atom is -0.490 e. The quantitative estimate of drug-likeness (QED) is 0.135. The number of rotatable bonds is 8. The van der Waals surface area contributed by atoms with Crippen LogP contribution in [0.5, 0.6) is 5.75 Å². The molecule has 1 spiro atoms. The number of benzene rings is 4. The van der Waals surface area contributed by atoms with Gasteiger partial charge in [0, 0.05) is 42.8 Å². The van der Waals surface area contributed by atoms with Crippen molar-refractivity contribution >= 4 is 51.9 Å². The van der Waals surface area contributed by atoms with Crippen molar-refractivity contribution in [1.29, 1.82) is 0 Å². The number of aliphatic hydroxyl groups is 1. The SMILES string of the molecule is CO[C@]1(CO)/C=C/C[C@H](C)[C@@H](CCO[Si](c2ccccc2)(c2ccccc2)C(C)(C)C)S(=O)(=O)NC(=O)c2ccc3c(c2)N(C[C@@H]2CC[C@H]21)C[C@@]1(CCCc2cc(Cl)ccc21)CO3. The van der Waals surface area contributed by atoms with E-state index in [0.717, 1.165) is 48.2 Å². The second kappa shape index (κ2) is 18.1. The summed E-state index contributed by atoms with van der Waals surface area (Å²) in [5.74, 6) is -0.266. The molecule has 12 heteroatoms. The van der Waals surface area contributed by atoms with Crippen molar-refractivity contribution in [2.45, 2.75) is 93.9 Å². The zero-order valence-corrected chi connectivity index (χ0v) is 39.9. The maximum Gasteiger partial charge on any atom is 0.264 e. The van der Waals surface area contributed by atoms with E-state index in [4.69, 9.17) is 25.5 Å². The first kappa shape index (κ1) is 45.6. The van der Waals surface area contributed by atoms with Crippen LogP contribution in [0.15, 0.2) is 109 Å².